The zero-order chi connectivity index (χ0) is 24.5. The number of urea groups is 1. The number of carbonyl (C=O) groups excluding carboxylic acids is 3. The van der Waals surface area contributed by atoms with Gasteiger partial charge in [-0.1, -0.05) is 19.1 Å². The number of ketones is 1. The Balaban J connectivity index is 1.56. The molecule has 0 atom stereocenters. The Kier molecular flexibility index (Phi) is 8.17. The van der Waals surface area contributed by atoms with E-state index in [2.05, 4.69) is 20.4 Å². The second-order valence-electron chi connectivity index (χ2n) is 7.11. The highest BCUT2D eigenvalue weighted by atomic mass is 16.5. The quantitative estimate of drug-likeness (QED) is 0.352. The number of rotatable bonds is 9. The fourth-order valence-corrected chi connectivity index (χ4v) is 3.01. The molecule has 9 heteroatoms. The van der Waals surface area contributed by atoms with Crippen molar-refractivity contribution in [3.8, 4) is 17.2 Å². The average molecular weight is 463 g/mol. The number of benzene rings is 2. The third kappa shape index (κ3) is 6.32. The van der Waals surface area contributed by atoms with Crippen molar-refractivity contribution in [3.05, 3.63) is 77.6 Å². The second kappa shape index (κ2) is 11.5. The summed E-state index contributed by atoms with van der Waals surface area (Å²) in [5.41, 5.74) is 1.94. The number of hydrogen-bond acceptors (Lipinski definition) is 7. The Morgan fingerprint density at radius 1 is 0.941 bits per heavy atom. The van der Waals surface area contributed by atoms with E-state index < -0.39 is 12.0 Å². The molecule has 0 unspecified atom stereocenters. The van der Waals surface area contributed by atoms with Gasteiger partial charge in [-0.2, -0.15) is 0 Å². The van der Waals surface area contributed by atoms with Gasteiger partial charge in [0.2, 0.25) is 0 Å². The van der Waals surface area contributed by atoms with Crippen LogP contribution in [-0.2, 0) is 11.3 Å². The van der Waals surface area contributed by atoms with Crippen molar-refractivity contribution < 1.29 is 28.6 Å². The Bertz CT molecular complexity index is 1180. The van der Waals surface area contributed by atoms with Crippen molar-refractivity contribution in [1.82, 2.24) is 10.3 Å². The Morgan fingerprint density at radius 3 is 2.38 bits per heavy atom. The lowest BCUT2D eigenvalue weighted by Gasteiger charge is -2.12. The minimum atomic E-state index is -0.499. The first kappa shape index (κ1) is 24.2. The van der Waals surface area contributed by atoms with Crippen molar-refractivity contribution in [2.75, 3.05) is 19.5 Å². The first-order valence-corrected chi connectivity index (χ1v) is 10.5. The zero-order valence-corrected chi connectivity index (χ0v) is 19.1. The maximum Gasteiger partial charge on any atom is 0.337 e. The van der Waals surface area contributed by atoms with Gasteiger partial charge in [0.15, 0.2) is 5.78 Å². The van der Waals surface area contributed by atoms with Crippen LogP contribution in [0.15, 0.2) is 60.8 Å². The molecule has 34 heavy (non-hydrogen) atoms. The Hall–Kier alpha value is -4.40. The van der Waals surface area contributed by atoms with E-state index in [1.165, 1.54) is 32.5 Å². The first-order valence-electron chi connectivity index (χ1n) is 10.5. The molecule has 1 heterocycles. The molecule has 0 saturated heterocycles. The number of pyridine rings is 1. The Morgan fingerprint density at radius 2 is 1.71 bits per heavy atom. The molecule has 3 rings (SSSR count). The van der Waals surface area contributed by atoms with Crippen molar-refractivity contribution in [2.45, 2.75) is 19.9 Å². The molecule has 176 valence electrons. The summed E-state index contributed by atoms with van der Waals surface area (Å²) in [5.74, 6) is 0.885. The molecule has 2 aromatic carbocycles. The minimum Gasteiger partial charge on any atom is -0.495 e. The van der Waals surface area contributed by atoms with Crippen LogP contribution in [0, 0.1) is 0 Å². The number of nitrogens with one attached hydrogen (secondary N) is 2. The van der Waals surface area contributed by atoms with Crippen LogP contribution in [0.25, 0.3) is 0 Å². The smallest absolute Gasteiger partial charge is 0.337 e. The number of nitrogens with zero attached hydrogens (tertiary/aromatic N) is 1. The summed E-state index contributed by atoms with van der Waals surface area (Å²) in [6, 6.07) is 14.6. The molecule has 1 aromatic heterocycles. The summed E-state index contributed by atoms with van der Waals surface area (Å²) in [6.07, 6.45) is 1.91. The number of aromatic nitrogens is 1. The fourth-order valence-electron chi connectivity index (χ4n) is 3.01. The van der Waals surface area contributed by atoms with Crippen LogP contribution < -0.4 is 20.1 Å². The number of Topliss-reactive ketones (excluding diaryl/α,β-unsaturated/α-hetero) is 1. The summed E-state index contributed by atoms with van der Waals surface area (Å²) in [5, 5.41) is 5.45. The van der Waals surface area contributed by atoms with Crippen molar-refractivity contribution in [1.29, 1.82) is 0 Å². The van der Waals surface area contributed by atoms with Crippen LogP contribution in [-0.4, -0.2) is 37.0 Å². The van der Waals surface area contributed by atoms with Crippen molar-refractivity contribution in [3.63, 3.8) is 0 Å². The molecule has 2 N–H and O–H groups in total. The maximum atomic E-state index is 12.3. The predicted octanol–water partition coefficient (Wildman–Crippen LogP) is 4.58. The third-order valence-corrected chi connectivity index (χ3v) is 4.82. The summed E-state index contributed by atoms with van der Waals surface area (Å²) >= 11 is 0. The molecule has 0 aliphatic rings. The summed E-state index contributed by atoms with van der Waals surface area (Å²) in [6.45, 7) is 2.06. The summed E-state index contributed by atoms with van der Waals surface area (Å²) < 4.78 is 15.7. The number of esters is 1. The van der Waals surface area contributed by atoms with E-state index in [0.29, 0.717) is 40.6 Å². The molecule has 0 aliphatic carbocycles. The van der Waals surface area contributed by atoms with Gasteiger partial charge in [0.25, 0.3) is 0 Å². The van der Waals surface area contributed by atoms with Crippen LogP contribution in [0.2, 0.25) is 0 Å². The third-order valence-electron chi connectivity index (χ3n) is 4.82. The van der Waals surface area contributed by atoms with Crippen molar-refractivity contribution >= 4 is 23.5 Å². The molecule has 0 saturated carbocycles. The normalized spacial score (nSPS) is 10.2. The van der Waals surface area contributed by atoms with Gasteiger partial charge in [-0.05, 0) is 42.0 Å². The predicted molar refractivity (Wildman–Crippen MR) is 126 cm³/mol. The molecule has 3 aromatic rings. The first-order chi connectivity index (χ1) is 16.4. The van der Waals surface area contributed by atoms with Crippen molar-refractivity contribution in [2.24, 2.45) is 0 Å². The largest absolute Gasteiger partial charge is 0.495 e. The fraction of sp³-hybridized carbons (Fsp3) is 0.200. The van der Waals surface area contributed by atoms with E-state index >= 15 is 0 Å². The van der Waals surface area contributed by atoms with E-state index in [4.69, 9.17) is 9.47 Å². The monoisotopic (exact) mass is 463 g/mol. The van der Waals surface area contributed by atoms with Gasteiger partial charge in [0.1, 0.15) is 22.9 Å². The van der Waals surface area contributed by atoms with Crippen LogP contribution in [0.1, 0.15) is 39.8 Å². The molecule has 0 fully saturated rings. The molecule has 9 nitrogen and oxygen atoms in total. The van der Waals surface area contributed by atoms with Gasteiger partial charge in [0, 0.05) is 25.2 Å². The topological polar surface area (TPSA) is 116 Å². The molecule has 0 spiro atoms. The average Bonchev–Trinajstić information content (AvgIpc) is 2.87. The van der Waals surface area contributed by atoms with Gasteiger partial charge in [-0.15, -0.1) is 0 Å². The molecular formula is C25H25N3O6. The number of amides is 2. The van der Waals surface area contributed by atoms with E-state index in [9.17, 15) is 14.4 Å². The van der Waals surface area contributed by atoms with Crippen LogP contribution in [0.5, 0.6) is 17.2 Å². The zero-order valence-electron chi connectivity index (χ0n) is 19.1. The van der Waals surface area contributed by atoms with Crippen LogP contribution >= 0.6 is 0 Å². The summed E-state index contributed by atoms with van der Waals surface area (Å²) in [4.78, 5) is 39.8. The lowest BCUT2D eigenvalue weighted by Crippen LogP contribution is -2.28. The number of methoxy groups -OCH3 is 2. The maximum absolute atomic E-state index is 12.3. The van der Waals surface area contributed by atoms with E-state index in [1.54, 1.807) is 37.3 Å². The van der Waals surface area contributed by atoms with E-state index in [1.807, 2.05) is 12.1 Å². The molecular weight excluding hydrogens is 438 g/mol. The minimum absolute atomic E-state index is 0.0535. The van der Waals surface area contributed by atoms with Gasteiger partial charge in [0.05, 0.1) is 25.5 Å². The SMILES string of the molecule is CCC(=O)c1cc(Oc2ccc(CNC(=O)Nc3ccc(C(=O)OC)cc3OC)cc2)ccn1. The Labute approximate surface area is 197 Å². The highest BCUT2D eigenvalue weighted by Gasteiger charge is 2.12. The highest BCUT2D eigenvalue weighted by Crippen LogP contribution is 2.26. The van der Waals surface area contributed by atoms with Crippen LogP contribution in [0.4, 0.5) is 10.5 Å². The number of anilines is 1. The highest BCUT2D eigenvalue weighted by molar-refractivity contribution is 5.95. The standard InChI is InChI=1S/C25H25N3O6/c1-4-22(29)21-14-19(11-12-26-21)34-18-8-5-16(6-9-18)15-27-25(31)28-20-10-7-17(24(30)33-3)13-23(20)32-2/h5-14H,4,15H2,1-3H3,(H2,27,28,31). The van der Waals surface area contributed by atoms with Crippen LogP contribution in [0.3, 0.4) is 0 Å². The number of ether oxygens (including phenoxy) is 3. The van der Waals surface area contributed by atoms with E-state index in [-0.39, 0.29) is 12.3 Å². The molecule has 0 radical (unpaired) electrons. The second-order valence-corrected chi connectivity index (χ2v) is 7.11. The van der Waals surface area contributed by atoms with Gasteiger partial charge in [-0.3, -0.25) is 9.78 Å². The summed E-state index contributed by atoms with van der Waals surface area (Å²) in [7, 11) is 2.73. The lowest BCUT2D eigenvalue weighted by molar-refractivity contribution is 0.0600. The molecule has 0 aliphatic heterocycles. The number of carbonyl (C=O) groups is 3. The van der Waals surface area contributed by atoms with Gasteiger partial charge >= 0.3 is 12.0 Å². The lowest BCUT2D eigenvalue weighted by atomic mass is 10.2. The molecule has 2 amide bonds. The molecule has 0 bridgehead atoms. The number of hydrogen-bond donors (Lipinski definition) is 2. The van der Waals surface area contributed by atoms with Gasteiger partial charge in [-0.25, -0.2) is 9.59 Å². The van der Waals surface area contributed by atoms with E-state index in [0.717, 1.165) is 5.56 Å². The van der Waals surface area contributed by atoms with Gasteiger partial charge < -0.3 is 24.8 Å².